The van der Waals surface area contributed by atoms with Crippen molar-refractivity contribution in [2.45, 2.75) is 12.8 Å². The molecule has 23 heavy (non-hydrogen) atoms. The predicted octanol–water partition coefficient (Wildman–Crippen LogP) is 5.41. The van der Waals surface area contributed by atoms with Crippen molar-refractivity contribution in [2.75, 3.05) is 7.11 Å². The zero-order valence-electron chi connectivity index (χ0n) is 12.4. The van der Waals surface area contributed by atoms with Crippen molar-refractivity contribution in [2.24, 2.45) is 0 Å². The molecule has 0 amide bonds. The summed E-state index contributed by atoms with van der Waals surface area (Å²) in [5, 5.41) is 11.2. The number of nitriles is 1. The van der Waals surface area contributed by atoms with Crippen LogP contribution in [0.25, 0.3) is 11.0 Å². The van der Waals surface area contributed by atoms with E-state index in [0.717, 1.165) is 22.3 Å². The topological polar surface area (TPSA) is 46.2 Å². The number of halogens is 2. The SMILES string of the molecule is COc1ccc2oc(Cc3c(Cl)cccc3Cl)c(CC#N)c2c1. The molecule has 0 radical (unpaired) electrons. The molecule has 0 saturated carbocycles. The van der Waals surface area contributed by atoms with Crippen molar-refractivity contribution in [1.82, 2.24) is 0 Å². The Bertz CT molecular complexity index is 889. The highest BCUT2D eigenvalue weighted by Crippen LogP contribution is 2.34. The van der Waals surface area contributed by atoms with E-state index in [1.54, 1.807) is 25.3 Å². The van der Waals surface area contributed by atoms with Gasteiger partial charge in [0.25, 0.3) is 0 Å². The van der Waals surface area contributed by atoms with Crippen LogP contribution >= 0.6 is 23.2 Å². The van der Waals surface area contributed by atoms with Gasteiger partial charge in [-0.3, -0.25) is 0 Å². The summed E-state index contributed by atoms with van der Waals surface area (Å²) in [7, 11) is 1.61. The summed E-state index contributed by atoms with van der Waals surface area (Å²) >= 11 is 12.5. The van der Waals surface area contributed by atoms with Gasteiger partial charge in [0.2, 0.25) is 0 Å². The molecule has 0 N–H and O–H groups in total. The van der Waals surface area contributed by atoms with Gasteiger partial charge in [0, 0.05) is 27.4 Å². The molecule has 1 heterocycles. The highest BCUT2D eigenvalue weighted by molar-refractivity contribution is 6.36. The maximum Gasteiger partial charge on any atom is 0.134 e. The van der Waals surface area contributed by atoms with Crippen LogP contribution < -0.4 is 4.74 Å². The predicted molar refractivity (Wildman–Crippen MR) is 91.4 cm³/mol. The van der Waals surface area contributed by atoms with Gasteiger partial charge in [0.15, 0.2) is 0 Å². The van der Waals surface area contributed by atoms with Crippen molar-refractivity contribution in [3.8, 4) is 11.8 Å². The third-order valence-corrected chi connectivity index (χ3v) is 4.44. The van der Waals surface area contributed by atoms with Crippen molar-refractivity contribution in [1.29, 1.82) is 5.26 Å². The molecule has 0 atom stereocenters. The fourth-order valence-electron chi connectivity index (χ4n) is 2.58. The van der Waals surface area contributed by atoms with E-state index in [1.165, 1.54) is 0 Å². The third-order valence-electron chi connectivity index (χ3n) is 3.74. The molecule has 0 fully saturated rings. The molecule has 0 saturated heterocycles. The van der Waals surface area contributed by atoms with Gasteiger partial charge in [0.05, 0.1) is 19.6 Å². The smallest absolute Gasteiger partial charge is 0.134 e. The van der Waals surface area contributed by atoms with E-state index < -0.39 is 0 Å². The van der Waals surface area contributed by atoms with E-state index in [4.69, 9.17) is 37.6 Å². The lowest BCUT2D eigenvalue weighted by Crippen LogP contribution is -1.94. The molecule has 1 aromatic heterocycles. The lowest BCUT2D eigenvalue weighted by atomic mass is 10.0. The van der Waals surface area contributed by atoms with Crippen molar-refractivity contribution in [3.05, 3.63) is 63.3 Å². The molecule has 5 heteroatoms. The molecule has 116 valence electrons. The maximum absolute atomic E-state index is 9.15. The van der Waals surface area contributed by atoms with E-state index in [1.807, 2.05) is 18.2 Å². The highest BCUT2D eigenvalue weighted by Gasteiger charge is 2.17. The van der Waals surface area contributed by atoms with Gasteiger partial charge >= 0.3 is 0 Å². The highest BCUT2D eigenvalue weighted by atomic mass is 35.5. The third kappa shape index (κ3) is 3.01. The van der Waals surface area contributed by atoms with Crippen LogP contribution in [0.5, 0.6) is 5.75 Å². The van der Waals surface area contributed by atoms with E-state index in [-0.39, 0.29) is 6.42 Å². The molecule has 0 bridgehead atoms. The Labute approximate surface area is 144 Å². The number of furan rings is 1. The van der Waals surface area contributed by atoms with E-state index in [2.05, 4.69) is 6.07 Å². The van der Waals surface area contributed by atoms with Crippen LogP contribution in [0.4, 0.5) is 0 Å². The minimum atomic E-state index is 0.248. The fourth-order valence-corrected chi connectivity index (χ4v) is 3.11. The Kier molecular flexibility index (Phi) is 4.47. The Hall–Kier alpha value is -2.15. The Morgan fingerprint density at radius 2 is 1.87 bits per heavy atom. The van der Waals surface area contributed by atoms with Crippen LogP contribution in [-0.2, 0) is 12.8 Å². The summed E-state index contributed by atoms with van der Waals surface area (Å²) in [5.41, 5.74) is 2.35. The number of benzene rings is 2. The molecule has 3 nitrogen and oxygen atoms in total. The fraction of sp³-hybridized carbons (Fsp3) is 0.167. The van der Waals surface area contributed by atoms with Gasteiger partial charge in [-0.2, -0.15) is 5.26 Å². The number of rotatable bonds is 4. The molecule has 0 aliphatic rings. The molecule has 3 rings (SSSR count). The molecular weight excluding hydrogens is 333 g/mol. The van der Waals surface area contributed by atoms with E-state index in [0.29, 0.717) is 27.8 Å². The van der Waals surface area contributed by atoms with Gasteiger partial charge in [-0.25, -0.2) is 0 Å². The molecule has 0 aliphatic heterocycles. The first-order valence-corrected chi connectivity index (χ1v) is 7.77. The van der Waals surface area contributed by atoms with E-state index >= 15 is 0 Å². The van der Waals surface area contributed by atoms with Crippen LogP contribution in [-0.4, -0.2) is 7.11 Å². The zero-order chi connectivity index (χ0) is 16.4. The number of nitrogens with zero attached hydrogens (tertiary/aromatic N) is 1. The lowest BCUT2D eigenvalue weighted by molar-refractivity contribution is 0.415. The monoisotopic (exact) mass is 345 g/mol. The second-order valence-electron chi connectivity index (χ2n) is 5.08. The number of ether oxygens (including phenoxy) is 1. The summed E-state index contributed by atoms with van der Waals surface area (Å²) < 4.78 is 11.2. The summed E-state index contributed by atoms with van der Waals surface area (Å²) in [4.78, 5) is 0. The number of fused-ring (bicyclic) bond motifs is 1. The Morgan fingerprint density at radius 3 is 2.52 bits per heavy atom. The minimum Gasteiger partial charge on any atom is -0.497 e. The summed E-state index contributed by atoms with van der Waals surface area (Å²) in [6.07, 6.45) is 0.685. The quantitative estimate of drug-likeness (QED) is 0.635. The van der Waals surface area contributed by atoms with Crippen molar-refractivity contribution >= 4 is 34.2 Å². The van der Waals surface area contributed by atoms with Crippen LogP contribution in [0, 0.1) is 11.3 Å². The summed E-state index contributed by atoms with van der Waals surface area (Å²) in [5.74, 6) is 1.42. The first-order valence-electron chi connectivity index (χ1n) is 7.02. The Morgan fingerprint density at radius 1 is 1.13 bits per heavy atom. The van der Waals surface area contributed by atoms with Crippen molar-refractivity contribution < 1.29 is 9.15 Å². The minimum absolute atomic E-state index is 0.248. The summed E-state index contributed by atoms with van der Waals surface area (Å²) in [6, 6.07) is 13.1. The van der Waals surface area contributed by atoms with Crippen LogP contribution in [0.15, 0.2) is 40.8 Å². The van der Waals surface area contributed by atoms with Crippen LogP contribution in [0.2, 0.25) is 10.0 Å². The molecule has 2 aromatic carbocycles. The largest absolute Gasteiger partial charge is 0.497 e. The molecule has 3 aromatic rings. The number of hydrogen-bond acceptors (Lipinski definition) is 3. The van der Waals surface area contributed by atoms with Crippen molar-refractivity contribution in [3.63, 3.8) is 0 Å². The van der Waals surface area contributed by atoms with Gasteiger partial charge < -0.3 is 9.15 Å². The normalized spacial score (nSPS) is 10.7. The molecule has 0 spiro atoms. The summed E-state index contributed by atoms with van der Waals surface area (Å²) in [6.45, 7) is 0. The lowest BCUT2D eigenvalue weighted by Gasteiger charge is -2.06. The number of hydrogen-bond donors (Lipinski definition) is 0. The zero-order valence-corrected chi connectivity index (χ0v) is 13.9. The molecular formula is C18H13Cl2NO2. The van der Waals surface area contributed by atoms with Gasteiger partial charge in [0.1, 0.15) is 17.1 Å². The first kappa shape index (κ1) is 15.7. The first-order chi connectivity index (χ1) is 11.1. The van der Waals surface area contributed by atoms with Gasteiger partial charge in [-0.1, -0.05) is 29.3 Å². The van der Waals surface area contributed by atoms with Gasteiger partial charge in [-0.15, -0.1) is 0 Å². The standard InChI is InChI=1S/C18H13Cl2NO2/c1-22-11-5-6-17-13(9-11)12(7-8-21)18(23-17)10-14-15(19)3-2-4-16(14)20/h2-6,9H,7,10H2,1H3. The van der Waals surface area contributed by atoms with Gasteiger partial charge in [-0.05, 0) is 35.9 Å². The van der Waals surface area contributed by atoms with Crippen LogP contribution in [0.3, 0.4) is 0 Å². The number of methoxy groups -OCH3 is 1. The second kappa shape index (κ2) is 6.54. The Balaban J connectivity index is 2.13. The molecule has 0 aliphatic carbocycles. The molecule has 0 unspecified atom stereocenters. The van der Waals surface area contributed by atoms with E-state index in [9.17, 15) is 0 Å². The van der Waals surface area contributed by atoms with Crippen LogP contribution in [0.1, 0.15) is 16.9 Å². The average molecular weight is 346 g/mol. The average Bonchev–Trinajstić information content (AvgIpc) is 2.88. The maximum atomic E-state index is 9.15. The second-order valence-corrected chi connectivity index (χ2v) is 5.89.